The van der Waals surface area contributed by atoms with Crippen molar-refractivity contribution in [3.8, 4) is 11.1 Å². The Bertz CT molecular complexity index is 898. The molecule has 0 heterocycles. The quantitative estimate of drug-likeness (QED) is 0.708. The van der Waals surface area contributed by atoms with E-state index in [1.165, 1.54) is 16.7 Å². The summed E-state index contributed by atoms with van der Waals surface area (Å²) in [5.41, 5.74) is 6.17. The highest BCUT2D eigenvalue weighted by atomic mass is 16.1. The first-order valence-corrected chi connectivity index (χ1v) is 8.74. The molecule has 0 radical (unpaired) electrons. The van der Waals surface area contributed by atoms with E-state index in [0.717, 1.165) is 17.8 Å². The Balaban J connectivity index is 1.74. The van der Waals surface area contributed by atoms with Crippen LogP contribution in [0, 0.1) is 6.92 Å². The molecular formula is C23H24N2O. The molecule has 0 saturated heterocycles. The van der Waals surface area contributed by atoms with Gasteiger partial charge in [0.25, 0.3) is 5.91 Å². The number of carbonyl (C=O) groups excluding carboxylic acids is 1. The molecule has 0 atom stereocenters. The zero-order valence-corrected chi connectivity index (χ0v) is 15.5. The van der Waals surface area contributed by atoms with Crippen LogP contribution in [0.5, 0.6) is 0 Å². The highest BCUT2D eigenvalue weighted by molar-refractivity contribution is 6.04. The SMILES string of the molecule is Cc1ccccc1-c1ccc(C(=O)Nc2cccc(CN(C)C)c2)cc1. The third-order valence-corrected chi connectivity index (χ3v) is 4.29. The van der Waals surface area contributed by atoms with Gasteiger partial charge in [-0.3, -0.25) is 4.79 Å². The summed E-state index contributed by atoms with van der Waals surface area (Å²) in [6.07, 6.45) is 0. The van der Waals surface area contributed by atoms with E-state index in [1.54, 1.807) is 0 Å². The molecule has 0 saturated carbocycles. The van der Waals surface area contributed by atoms with E-state index >= 15 is 0 Å². The Hall–Kier alpha value is -2.91. The second kappa shape index (κ2) is 7.98. The van der Waals surface area contributed by atoms with Crippen molar-refractivity contribution in [1.29, 1.82) is 0 Å². The Labute approximate surface area is 155 Å². The molecule has 0 bridgehead atoms. The molecule has 0 fully saturated rings. The van der Waals surface area contributed by atoms with Crippen LogP contribution < -0.4 is 5.32 Å². The molecule has 0 aromatic heterocycles. The smallest absolute Gasteiger partial charge is 0.255 e. The summed E-state index contributed by atoms with van der Waals surface area (Å²) in [5, 5.41) is 2.99. The van der Waals surface area contributed by atoms with Gasteiger partial charge in [0.15, 0.2) is 0 Å². The fourth-order valence-electron chi connectivity index (χ4n) is 3.01. The van der Waals surface area contributed by atoms with Crippen molar-refractivity contribution in [2.75, 3.05) is 19.4 Å². The van der Waals surface area contributed by atoms with Crippen LogP contribution in [0.1, 0.15) is 21.5 Å². The Kier molecular flexibility index (Phi) is 5.49. The minimum absolute atomic E-state index is 0.0941. The normalized spacial score (nSPS) is 10.8. The largest absolute Gasteiger partial charge is 0.322 e. The Morgan fingerprint density at radius 1 is 0.923 bits per heavy atom. The van der Waals surface area contributed by atoms with E-state index in [-0.39, 0.29) is 5.91 Å². The molecule has 3 rings (SSSR count). The van der Waals surface area contributed by atoms with Crippen molar-refractivity contribution in [2.45, 2.75) is 13.5 Å². The van der Waals surface area contributed by atoms with Crippen molar-refractivity contribution in [2.24, 2.45) is 0 Å². The number of hydrogen-bond acceptors (Lipinski definition) is 2. The third kappa shape index (κ3) is 4.38. The molecule has 0 unspecified atom stereocenters. The predicted octanol–water partition coefficient (Wildman–Crippen LogP) is 4.98. The summed E-state index contributed by atoms with van der Waals surface area (Å²) >= 11 is 0. The summed E-state index contributed by atoms with van der Waals surface area (Å²) in [5.74, 6) is -0.0941. The lowest BCUT2D eigenvalue weighted by Crippen LogP contribution is -2.13. The van der Waals surface area contributed by atoms with Crippen molar-refractivity contribution in [1.82, 2.24) is 4.90 Å². The molecule has 132 valence electrons. The van der Waals surface area contributed by atoms with Gasteiger partial charge in [0.2, 0.25) is 0 Å². The molecule has 3 aromatic rings. The van der Waals surface area contributed by atoms with E-state index < -0.39 is 0 Å². The maximum atomic E-state index is 12.5. The number of aryl methyl sites for hydroxylation is 1. The van der Waals surface area contributed by atoms with Gasteiger partial charge in [-0.1, -0.05) is 48.5 Å². The zero-order chi connectivity index (χ0) is 18.5. The van der Waals surface area contributed by atoms with Crippen LogP contribution >= 0.6 is 0 Å². The topological polar surface area (TPSA) is 32.3 Å². The van der Waals surface area contributed by atoms with E-state index in [2.05, 4.69) is 35.3 Å². The number of nitrogens with one attached hydrogen (secondary N) is 1. The number of carbonyl (C=O) groups is 1. The molecule has 1 amide bonds. The van der Waals surface area contributed by atoms with Gasteiger partial charge in [0.05, 0.1) is 0 Å². The molecule has 0 spiro atoms. The second-order valence-electron chi connectivity index (χ2n) is 6.78. The molecular weight excluding hydrogens is 320 g/mol. The number of nitrogens with zero attached hydrogens (tertiary/aromatic N) is 1. The molecule has 3 aromatic carbocycles. The van der Waals surface area contributed by atoms with Crippen LogP contribution in [0.3, 0.4) is 0 Å². The Morgan fingerprint density at radius 2 is 1.65 bits per heavy atom. The molecule has 26 heavy (non-hydrogen) atoms. The summed E-state index contributed by atoms with van der Waals surface area (Å²) in [7, 11) is 4.06. The first-order chi connectivity index (χ1) is 12.5. The van der Waals surface area contributed by atoms with Gasteiger partial charge in [-0.15, -0.1) is 0 Å². The standard InChI is InChI=1S/C23H24N2O/c1-17-7-4-5-10-22(17)19-11-13-20(14-12-19)23(26)24-21-9-6-8-18(15-21)16-25(2)3/h4-15H,16H2,1-3H3,(H,24,26). The number of anilines is 1. The predicted molar refractivity (Wildman–Crippen MR) is 108 cm³/mol. The average Bonchev–Trinajstić information content (AvgIpc) is 2.62. The third-order valence-electron chi connectivity index (χ3n) is 4.29. The summed E-state index contributed by atoms with van der Waals surface area (Å²) in [4.78, 5) is 14.6. The first kappa shape index (κ1) is 17.9. The van der Waals surface area contributed by atoms with Gasteiger partial charge in [-0.05, 0) is 67.5 Å². The fourth-order valence-corrected chi connectivity index (χ4v) is 3.01. The average molecular weight is 344 g/mol. The van der Waals surface area contributed by atoms with E-state index in [1.807, 2.05) is 68.7 Å². The van der Waals surface area contributed by atoms with Crippen molar-refractivity contribution in [3.63, 3.8) is 0 Å². The van der Waals surface area contributed by atoms with Crippen LogP contribution in [0.15, 0.2) is 72.8 Å². The number of benzene rings is 3. The lowest BCUT2D eigenvalue weighted by Gasteiger charge is -2.12. The van der Waals surface area contributed by atoms with Gasteiger partial charge < -0.3 is 10.2 Å². The summed E-state index contributed by atoms with van der Waals surface area (Å²) in [6, 6.07) is 24.0. The van der Waals surface area contributed by atoms with Crippen molar-refractivity contribution < 1.29 is 4.79 Å². The van der Waals surface area contributed by atoms with Gasteiger partial charge in [-0.2, -0.15) is 0 Å². The van der Waals surface area contributed by atoms with Crippen molar-refractivity contribution >= 4 is 11.6 Å². The molecule has 3 heteroatoms. The molecule has 0 aliphatic carbocycles. The van der Waals surface area contributed by atoms with Crippen LogP contribution in [0.4, 0.5) is 5.69 Å². The van der Waals surface area contributed by atoms with Gasteiger partial charge in [0.1, 0.15) is 0 Å². The number of amides is 1. The second-order valence-corrected chi connectivity index (χ2v) is 6.78. The maximum Gasteiger partial charge on any atom is 0.255 e. The van der Waals surface area contributed by atoms with Crippen molar-refractivity contribution in [3.05, 3.63) is 89.5 Å². The molecule has 1 N–H and O–H groups in total. The number of hydrogen-bond donors (Lipinski definition) is 1. The lowest BCUT2D eigenvalue weighted by atomic mass is 9.99. The van der Waals surface area contributed by atoms with Crippen LogP contribution in [0.25, 0.3) is 11.1 Å². The highest BCUT2D eigenvalue weighted by Gasteiger charge is 2.08. The number of rotatable bonds is 5. The zero-order valence-electron chi connectivity index (χ0n) is 15.5. The maximum absolute atomic E-state index is 12.5. The van der Waals surface area contributed by atoms with Gasteiger partial charge >= 0.3 is 0 Å². The van der Waals surface area contributed by atoms with Crippen LogP contribution in [-0.2, 0) is 6.54 Å². The van der Waals surface area contributed by atoms with E-state index in [0.29, 0.717) is 5.56 Å². The summed E-state index contributed by atoms with van der Waals surface area (Å²) < 4.78 is 0. The monoisotopic (exact) mass is 344 g/mol. The first-order valence-electron chi connectivity index (χ1n) is 8.74. The fraction of sp³-hybridized carbons (Fsp3) is 0.174. The molecule has 0 aliphatic rings. The molecule has 3 nitrogen and oxygen atoms in total. The Morgan fingerprint density at radius 3 is 2.35 bits per heavy atom. The van der Waals surface area contributed by atoms with E-state index in [9.17, 15) is 4.79 Å². The van der Waals surface area contributed by atoms with Gasteiger partial charge in [-0.25, -0.2) is 0 Å². The van der Waals surface area contributed by atoms with Crippen LogP contribution in [0.2, 0.25) is 0 Å². The van der Waals surface area contributed by atoms with Crippen LogP contribution in [-0.4, -0.2) is 24.9 Å². The highest BCUT2D eigenvalue weighted by Crippen LogP contribution is 2.23. The summed E-state index contributed by atoms with van der Waals surface area (Å²) in [6.45, 7) is 2.94. The van der Waals surface area contributed by atoms with E-state index in [4.69, 9.17) is 0 Å². The lowest BCUT2D eigenvalue weighted by molar-refractivity contribution is 0.102. The van der Waals surface area contributed by atoms with Gasteiger partial charge in [0, 0.05) is 17.8 Å². The minimum Gasteiger partial charge on any atom is -0.322 e. The minimum atomic E-state index is -0.0941. The molecule has 0 aliphatic heterocycles.